The average Bonchev–Trinajstić information content (AvgIpc) is 3.38. The average molecular weight is 485 g/mol. The highest BCUT2D eigenvalue weighted by molar-refractivity contribution is 6.31. The predicted octanol–water partition coefficient (Wildman–Crippen LogP) is 4.56. The molecule has 1 aromatic heterocycles. The summed E-state index contributed by atoms with van der Waals surface area (Å²) in [4.78, 5) is 18.0. The van der Waals surface area contributed by atoms with E-state index >= 15 is 0 Å². The molecule has 3 aromatic rings. The van der Waals surface area contributed by atoms with Gasteiger partial charge in [0.2, 0.25) is 0 Å². The van der Waals surface area contributed by atoms with Gasteiger partial charge in [-0.1, -0.05) is 17.7 Å². The molecule has 0 saturated carbocycles. The van der Waals surface area contributed by atoms with Crippen LogP contribution in [0.4, 0.5) is 22.0 Å². The van der Waals surface area contributed by atoms with Crippen LogP contribution >= 0.6 is 11.6 Å². The highest BCUT2D eigenvalue weighted by Gasteiger charge is 2.44. The quantitative estimate of drug-likeness (QED) is 0.533. The minimum Gasteiger partial charge on any atom is -0.406 e. The van der Waals surface area contributed by atoms with Crippen LogP contribution in [0.1, 0.15) is 22.9 Å². The van der Waals surface area contributed by atoms with E-state index in [1.165, 1.54) is 19.2 Å². The Morgan fingerprint density at radius 3 is 2.48 bits per heavy atom. The third-order valence-electron chi connectivity index (χ3n) is 4.93. The third-order valence-corrected chi connectivity index (χ3v) is 5.26. The molecule has 1 aliphatic heterocycles. The maximum Gasteiger partial charge on any atom is 0.434 e. The van der Waals surface area contributed by atoms with Gasteiger partial charge in [0.15, 0.2) is 11.5 Å². The number of likely N-dealkylation sites (N-methyl/N-ethyl adjacent to an activating group) is 1. The lowest BCUT2D eigenvalue weighted by atomic mass is 9.95. The summed E-state index contributed by atoms with van der Waals surface area (Å²) in [6, 6.07) is 6.70. The highest BCUT2D eigenvalue weighted by atomic mass is 35.5. The van der Waals surface area contributed by atoms with E-state index in [1.807, 2.05) is 0 Å². The first-order valence-electron chi connectivity index (χ1n) is 9.37. The molecule has 1 amide bonds. The molecular formula is C21H14ClF5N4O2. The van der Waals surface area contributed by atoms with Crippen molar-refractivity contribution < 1.29 is 31.6 Å². The number of rotatable bonds is 4. The number of halogens is 6. The van der Waals surface area contributed by atoms with Gasteiger partial charge in [0.05, 0.1) is 23.0 Å². The summed E-state index contributed by atoms with van der Waals surface area (Å²) >= 11 is 6.10. The van der Waals surface area contributed by atoms with Crippen LogP contribution in [0.5, 0.6) is 0 Å². The van der Waals surface area contributed by atoms with Crippen molar-refractivity contribution in [2.75, 3.05) is 7.05 Å². The van der Waals surface area contributed by atoms with Gasteiger partial charge in [0.1, 0.15) is 17.7 Å². The van der Waals surface area contributed by atoms with Crippen molar-refractivity contribution in [1.29, 1.82) is 0 Å². The Morgan fingerprint density at radius 1 is 1.18 bits per heavy atom. The molecule has 0 fully saturated rings. The zero-order chi connectivity index (χ0) is 23.9. The van der Waals surface area contributed by atoms with Crippen LogP contribution in [-0.2, 0) is 15.8 Å². The normalized spacial score (nSPS) is 16.2. The van der Waals surface area contributed by atoms with Crippen molar-refractivity contribution >= 4 is 23.3 Å². The largest absolute Gasteiger partial charge is 0.434 e. The Kier molecular flexibility index (Phi) is 5.85. The molecule has 0 radical (unpaired) electrons. The highest BCUT2D eigenvalue weighted by Crippen LogP contribution is 2.43. The molecule has 2 aromatic carbocycles. The monoisotopic (exact) mass is 484 g/mol. The Morgan fingerprint density at radius 2 is 1.88 bits per heavy atom. The van der Waals surface area contributed by atoms with Crippen LogP contribution in [-0.4, -0.2) is 22.7 Å². The number of hydrogen-bond acceptors (Lipinski definition) is 4. The van der Waals surface area contributed by atoms with Gasteiger partial charge >= 0.3 is 6.18 Å². The van der Waals surface area contributed by atoms with E-state index in [2.05, 4.69) is 15.9 Å². The molecule has 2 N–H and O–H groups in total. The smallest absolute Gasteiger partial charge is 0.406 e. The number of aromatic nitrogens is 2. The maximum atomic E-state index is 14.5. The van der Waals surface area contributed by atoms with E-state index in [9.17, 15) is 26.7 Å². The summed E-state index contributed by atoms with van der Waals surface area (Å²) in [5.41, 5.74) is -0.0281. The molecule has 12 heteroatoms. The molecule has 0 saturated heterocycles. The minimum atomic E-state index is -4.95. The first-order valence-corrected chi connectivity index (χ1v) is 9.75. The molecule has 172 valence electrons. The Labute approximate surface area is 188 Å². The third kappa shape index (κ3) is 4.05. The van der Waals surface area contributed by atoms with Gasteiger partial charge in [-0.15, -0.1) is 5.48 Å². The van der Waals surface area contributed by atoms with Crippen molar-refractivity contribution in [2.45, 2.75) is 12.2 Å². The zero-order valence-electron chi connectivity index (χ0n) is 16.7. The first-order chi connectivity index (χ1) is 15.6. The van der Waals surface area contributed by atoms with Crippen LogP contribution in [0.2, 0.25) is 5.02 Å². The summed E-state index contributed by atoms with van der Waals surface area (Å²) < 4.78 is 70.7. The fourth-order valence-electron chi connectivity index (χ4n) is 3.49. The summed E-state index contributed by atoms with van der Waals surface area (Å²) in [5.74, 6) is -2.75. The molecule has 6 nitrogen and oxygen atoms in total. The minimum absolute atomic E-state index is 0.0585. The van der Waals surface area contributed by atoms with E-state index in [-0.39, 0.29) is 21.8 Å². The molecule has 2 heterocycles. The van der Waals surface area contributed by atoms with Crippen LogP contribution in [0.15, 0.2) is 54.2 Å². The molecule has 0 aliphatic carbocycles. The SMILES string of the molecule is CNC(=O)C1=C(c2cnn(-c3ccc(F)cc3)c2C(F)(F)F)ONC1c1c(F)cccc1Cl. The number of carbonyl (C=O) groups is 1. The molecule has 1 aliphatic rings. The summed E-state index contributed by atoms with van der Waals surface area (Å²) in [5, 5.41) is 6.04. The van der Waals surface area contributed by atoms with Crippen LogP contribution in [0.3, 0.4) is 0 Å². The van der Waals surface area contributed by atoms with Crippen molar-refractivity contribution in [3.8, 4) is 5.69 Å². The second kappa shape index (κ2) is 8.49. The van der Waals surface area contributed by atoms with Gasteiger partial charge in [-0.2, -0.15) is 18.3 Å². The molecule has 0 spiro atoms. The molecule has 4 rings (SSSR count). The topological polar surface area (TPSA) is 68.2 Å². The van der Waals surface area contributed by atoms with E-state index in [1.54, 1.807) is 0 Å². The van der Waals surface area contributed by atoms with E-state index < -0.39 is 46.8 Å². The Hall–Kier alpha value is -3.44. The van der Waals surface area contributed by atoms with Crippen molar-refractivity contribution in [3.63, 3.8) is 0 Å². The van der Waals surface area contributed by atoms with E-state index in [0.29, 0.717) is 4.68 Å². The van der Waals surface area contributed by atoms with Gasteiger partial charge in [-0.05, 0) is 36.4 Å². The van der Waals surface area contributed by atoms with Gasteiger partial charge in [-0.3, -0.25) is 4.79 Å². The maximum absolute atomic E-state index is 14.5. The molecule has 1 unspecified atom stereocenters. The van der Waals surface area contributed by atoms with Crippen molar-refractivity contribution in [2.24, 2.45) is 0 Å². The number of amides is 1. The number of benzene rings is 2. The summed E-state index contributed by atoms with van der Waals surface area (Å²) in [6.45, 7) is 0. The Bertz CT molecular complexity index is 1230. The van der Waals surface area contributed by atoms with E-state index in [4.69, 9.17) is 16.4 Å². The van der Waals surface area contributed by atoms with Crippen LogP contribution in [0, 0.1) is 11.6 Å². The van der Waals surface area contributed by atoms with E-state index in [0.717, 1.165) is 36.5 Å². The lowest BCUT2D eigenvalue weighted by molar-refractivity contribution is -0.143. The lowest BCUT2D eigenvalue weighted by Crippen LogP contribution is -2.27. The second-order valence-corrected chi connectivity index (χ2v) is 7.31. The molecular weight excluding hydrogens is 471 g/mol. The van der Waals surface area contributed by atoms with Crippen LogP contribution < -0.4 is 10.8 Å². The number of carbonyl (C=O) groups excluding carboxylic acids is 1. The fraction of sp³-hybridized carbons (Fsp3) is 0.143. The molecule has 1 atom stereocenters. The summed E-state index contributed by atoms with van der Waals surface area (Å²) in [6.07, 6.45) is -4.09. The zero-order valence-corrected chi connectivity index (χ0v) is 17.4. The fourth-order valence-corrected chi connectivity index (χ4v) is 3.76. The predicted molar refractivity (Wildman–Crippen MR) is 108 cm³/mol. The molecule has 0 bridgehead atoms. The number of nitrogens with one attached hydrogen (secondary N) is 2. The van der Waals surface area contributed by atoms with Crippen molar-refractivity contribution in [3.05, 3.63) is 87.7 Å². The number of nitrogens with zero attached hydrogens (tertiary/aromatic N) is 2. The van der Waals surface area contributed by atoms with Gasteiger partial charge in [0, 0.05) is 17.6 Å². The lowest BCUT2D eigenvalue weighted by Gasteiger charge is -2.15. The van der Waals surface area contributed by atoms with Crippen LogP contribution in [0.25, 0.3) is 11.4 Å². The number of hydroxylamine groups is 1. The molecule has 33 heavy (non-hydrogen) atoms. The summed E-state index contributed by atoms with van der Waals surface area (Å²) in [7, 11) is 1.26. The standard InChI is InChI=1S/C21H14ClF5N4O2/c1-28-20(32)16-17(15-13(22)3-2-4-14(15)24)30-33-18(16)12-9-29-31(19(12)21(25,26)27)11-7-5-10(23)6-8-11/h2-9,17,30H,1H3,(H,28,32). The first kappa shape index (κ1) is 22.7. The van der Waals surface area contributed by atoms with Crippen molar-refractivity contribution in [1.82, 2.24) is 20.6 Å². The van der Waals surface area contributed by atoms with Gasteiger partial charge in [0.25, 0.3) is 5.91 Å². The number of alkyl halides is 3. The van der Waals surface area contributed by atoms with Gasteiger partial charge < -0.3 is 10.2 Å². The van der Waals surface area contributed by atoms with Gasteiger partial charge in [-0.25, -0.2) is 13.5 Å². The Balaban J connectivity index is 1.94. The second-order valence-electron chi connectivity index (χ2n) is 6.90. The number of hydrogen-bond donors (Lipinski definition) is 2.